The van der Waals surface area contributed by atoms with Crippen LogP contribution in [0.3, 0.4) is 0 Å². The number of rotatable bonds is 6. The van der Waals surface area contributed by atoms with E-state index in [0.29, 0.717) is 17.5 Å². The maximum atomic E-state index is 3.77. The summed E-state index contributed by atoms with van der Waals surface area (Å²) in [6, 6.07) is 2.09. The van der Waals surface area contributed by atoms with Crippen molar-refractivity contribution >= 4 is 0 Å². The Hall–Kier alpha value is -0.0800. The maximum Gasteiger partial charge on any atom is 0.0274 e. The van der Waals surface area contributed by atoms with Crippen molar-refractivity contribution in [2.45, 2.75) is 84.8 Å². The molecular weight excluding hydrogens is 220 g/mol. The van der Waals surface area contributed by atoms with Gasteiger partial charge in [-0.2, -0.15) is 0 Å². The van der Waals surface area contributed by atoms with Crippen LogP contribution < -0.4 is 5.32 Å². The van der Waals surface area contributed by atoms with Crippen LogP contribution in [-0.4, -0.2) is 36.6 Å². The molecule has 0 aliphatic heterocycles. The van der Waals surface area contributed by atoms with Crippen molar-refractivity contribution in [3.8, 4) is 0 Å². The van der Waals surface area contributed by atoms with E-state index in [1.165, 1.54) is 32.1 Å². The lowest BCUT2D eigenvalue weighted by Gasteiger charge is -2.49. The molecule has 0 amide bonds. The van der Waals surface area contributed by atoms with E-state index in [1.54, 1.807) is 0 Å². The third-order valence-electron chi connectivity index (χ3n) is 5.01. The van der Waals surface area contributed by atoms with Gasteiger partial charge in [-0.3, -0.25) is 4.90 Å². The highest BCUT2D eigenvalue weighted by molar-refractivity contribution is 4.98. The van der Waals surface area contributed by atoms with E-state index in [9.17, 15) is 0 Å². The van der Waals surface area contributed by atoms with Crippen LogP contribution in [0.5, 0.6) is 0 Å². The second-order valence-electron chi connectivity index (χ2n) is 6.62. The molecule has 0 aromatic carbocycles. The molecule has 0 aromatic rings. The molecule has 0 saturated heterocycles. The first-order valence-corrected chi connectivity index (χ1v) is 7.93. The van der Waals surface area contributed by atoms with E-state index in [1.807, 2.05) is 0 Å². The van der Waals surface area contributed by atoms with Crippen molar-refractivity contribution in [2.75, 3.05) is 13.6 Å². The van der Waals surface area contributed by atoms with Crippen LogP contribution in [-0.2, 0) is 0 Å². The summed E-state index contributed by atoms with van der Waals surface area (Å²) < 4.78 is 0. The first kappa shape index (κ1) is 16.0. The molecular formula is C16H34N2. The third-order valence-corrected chi connectivity index (χ3v) is 5.01. The molecule has 0 radical (unpaired) electrons. The molecule has 1 saturated carbocycles. The predicted octanol–water partition coefficient (Wildman–Crippen LogP) is 3.66. The smallest absolute Gasteiger partial charge is 0.0274 e. The van der Waals surface area contributed by atoms with E-state index in [2.05, 4.69) is 51.9 Å². The van der Waals surface area contributed by atoms with Crippen LogP contribution in [0.4, 0.5) is 0 Å². The highest BCUT2D eigenvalue weighted by atomic mass is 15.2. The molecule has 108 valence electrons. The van der Waals surface area contributed by atoms with Gasteiger partial charge in [0.15, 0.2) is 0 Å². The fraction of sp³-hybridized carbons (Fsp3) is 1.00. The zero-order valence-corrected chi connectivity index (χ0v) is 13.4. The van der Waals surface area contributed by atoms with Gasteiger partial charge >= 0.3 is 0 Å². The average molecular weight is 254 g/mol. The lowest BCUT2D eigenvalue weighted by molar-refractivity contribution is 0.0382. The number of nitrogens with one attached hydrogen (secondary N) is 1. The summed E-state index contributed by atoms with van der Waals surface area (Å²) in [4.78, 5) is 2.66. The van der Waals surface area contributed by atoms with Crippen molar-refractivity contribution in [1.82, 2.24) is 10.2 Å². The minimum atomic E-state index is 0.430. The normalized spacial score (nSPS) is 28.0. The van der Waals surface area contributed by atoms with Crippen LogP contribution >= 0.6 is 0 Å². The standard InChI is InChI=1S/C16H34N2/c1-7-13(8-2)18(6)14-11-10-12-16(4,5)15(14)17-9-3/h13-15,17H,7-12H2,1-6H3. The van der Waals surface area contributed by atoms with E-state index in [4.69, 9.17) is 0 Å². The van der Waals surface area contributed by atoms with Gasteiger partial charge < -0.3 is 5.32 Å². The molecule has 0 spiro atoms. The van der Waals surface area contributed by atoms with Crippen LogP contribution in [0.2, 0.25) is 0 Å². The summed E-state index contributed by atoms with van der Waals surface area (Å²) >= 11 is 0. The molecule has 2 atom stereocenters. The molecule has 2 nitrogen and oxygen atoms in total. The van der Waals surface area contributed by atoms with Gasteiger partial charge in [0, 0.05) is 18.1 Å². The minimum absolute atomic E-state index is 0.430. The van der Waals surface area contributed by atoms with Gasteiger partial charge in [-0.15, -0.1) is 0 Å². The fourth-order valence-electron chi connectivity index (χ4n) is 3.82. The maximum absolute atomic E-state index is 3.77. The van der Waals surface area contributed by atoms with E-state index in [0.717, 1.165) is 12.6 Å². The molecule has 1 fully saturated rings. The zero-order valence-electron chi connectivity index (χ0n) is 13.4. The molecule has 2 unspecified atom stereocenters. The van der Waals surface area contributed by atoms with Gasteiger partial charge in [0.2, 0.25) is 0 Å². The fourth-order valence-corrected chi connectivity index (χ4v) is 3.82. The molecule has 1 aliphatic rings. The van der Waals surface area contributed by atoms with E-state index < -0.39 is 0 Å². The van der Waals surface area contributed by atoms with Gasteiger partial charge in [0.25, 0.3) is 0 Å². The SMILES string of the molecule is CCNC1C(N(C)C(CC)CC)CCCC1(C)C. The second-order valence-corrected chi connectivity index (χ2v) is 6.62. The summed E-state index contributed by atoms with van der Waals surface area (Å²) in [6.45, 7) is 12.8. The Kier molecular flexibility index (Phi) is 6.13. The summed E-state index contributed by atoms with van der Waals surface area (Å²) in [6.07, 6.45) is 6.63. The molecule has 0 heterocycles. The topological polar surface area (TPSA) is 15.3 Å². The van der Waals surface area contributed by atoms with Crippen LogP contribution in [0.15, 0.2) is 0 Å². The molecule has 0 bridgehead atoms. The molecule has 18 heavy (non-hydrogen) atoms. The van der Waals surface area contributed by atoms with E-state index >= 15 is 0 Å². The molecule has 2 heteroatoms. The summed E-state index contributed by atoms with van der Waals surface area (Å²) in [5, 5.41) is 3.77. The average Bonchev–Trinajstić information content (AvgIpc) is 2.33. The Morgan fingerprint density at radius 1 is 1.22 bits per heavy atom. The van der Waals surface area contributed by atoms with Crippen molar-refractivity contribution in [1.29, 1.82) is 0 Å². The monoisotopic (exact) mass is 254 g/mol. The Morgan fingerprint density at radius 2 is 1.83 bits per heavy atom. The second kappa shape index (κ2) is 6.91. The lowest BCUT2D eigenvalue weighted by Crippen LogP contribution is -2.59. The quantitative estimate of drug-likeness (QED) is 0.778. The molecule has 1 aliphatic carbocycles. The largest absolute Gasteiger partial charge is 0.312 e. The Bertz CT molecular complexity index is 233. The van der Waals surface area contributed by atoms with Gasteiger partial charge in [-0.1, -0.05) is 41.0 Å². The molecule has 1 rings (SSSR count). The first-order chi connectivity index (χ1) is 8.47. The van der Waals surface area contributed by atoms with Crippen LogP contribution in [0, 0.1) is 5.41 Å². The lowest BCUT2D eigenvalue weighted by atomic mass is 9.70. The summed E-state index contributed by atoms with van der Waals surface area (Å²) in [7, 11) is 2.34. The van der Waals surface area contributed by atoms with E-state index in [-0.39, 0.29) is 0 Å². The van der Waals surface area contributed by atoms with Crippen LogP contribution in [0.25, 0.3) is 0 Å². The van der Waals surface area contributed by atoms with Crippen molar-refractivity contribution < 1.29 is 0 Å². The number of nitrogens with zero attached hydrogens (tertiary/aromatic N) is 1. The predicted molar refractivity (Wildman–Crippen MR) is 81.0 cm³/mol. The highest BCUT2D eigenvalue weighted by Crippen LogP contribution is 2.38. The van der Waals surface area contributed by atoms with Gasteiger partial charge in [-0.25, -0.2) is 0 Å². The third kappa shape index (κ3) is 3.48. The van der Waals surface area contributed by atoms with Crippen molar-refractivity contribution in [3.05, 3.63) is 0 Å². The zero-order chi connectivity index (χ0) is 13.8. The Morgan fingerprint density at radius 3 is 2.33 bits per heavy atom. The highest BCUT2D eigenvalue weighted by Gasteiger charge is 2.40. The van der Waals surface area contributed by atoms with Crippen molar-refractivity contribution in [3.63, 3.8) is 0 Å². The molecule has 0 aromatic heterocycles. The van der Waals surface area contributed by atoms with Crippen LogP contribution in [0.1, 0.15) is 66.7 Å². The van der Waals surface area contributed by atoms with Gasteiger partial charge in [0.1, 0.15) is 0 Å². The van der Waals surface area contributed by atoms with Gasteiger partial charge in [-0.05, 0) is 44.7 Å². The Balaban J connectivity index is 2.82. The van der Waals surface area contributed by atoms with Crippen molar-refractivity contribution in [2.24, 2.45) is 5.41 Å². The summed E-state index contributed by atoms with van der Waals surface area (Å²) in [5.41, 5.74) is 0.430. The summed E-state index contributed by atoms with van der Waals surface area (Å²) in [5.74, 6) is 0. The first-order valence-electron chi connectivity index (χ1n) is 7.93. The molecule has 1 N–H and O–H groups in total. The van der Waals surface area contributed by atoms with Gasteiger partial charge in [0.05, 0.1) is 0 Å². The Labute approximate surface area is 115 Å². The number of likely N-dealkylation sites (N-methyl/N-ethyl adjacent to an activating group) is 2. The number of hydrogen-bond donors (Lipinski definition) is 1. The minimum Gasteiger partial charge on any atom is -0.312 e. The number of hydrogen-bond acceptors (Lipinski definition) is 2.